The average molecular weight is 267 g/mol. The van der Waals surface area contributed by atoms with Crippen LogP contribution in [-0.4, -0.2) is 22.8 Å². The Morgan fingerprint density at radius 2 is 1.83 bits per heavy atom. The van der Waals surface area contributed by atoms with E-state index in [9.17, 15) is 4.21 Å². The number of hydrogen-bond donors (Lipinski definition) is 1. The summed E-state index contributed by atoms with van der Waals surface area (Å²) >= 11 is 0. The molecule has 102 valence electrons. The third kappa shape index (κ3) is 5.32. The predicted molar refractivity (Wildman–Crippen MR) is 80.3 cm³/mol. The molecule has 2 atom stereocenters. The van der Waals surface area contributed by atoms with E-state index in [0.717, 1.165) is 13.0 Å². The highest BCUT2D eigenvalue weighted by molar-refractivity contribution is 7.84. The van der Waals surface area contributed by atoms with E-state index in [1.165, 1.54) is 11.1 Å². The van der Waals surface area contributed by atoms with Crippen LogP contribution in [0, 0.1) is 5.92 Å². The van der Waals surface area contributed by atoms with E-state index in [-0.39, 0.29) is 6.04 Å². The summed E-state index contributed by atoms with van der Waals surface area (Å²) in [6.45, 7) is 7.44. The third-order valence-corrected chi connectivity index (χ3v) is 3.68. The summed E-state index contributed by atoms with van der Waals surface area (Å²) in [4.78, 5) is 0. The van der Waals surface area contributed by atoms with Gasteiger partial charge in [0.05, 0.1) is 0 Å². The Morgan fingerprint density at radius 3 is 2.28 bits per heavy atom. The summed E-state index contributed by atoms with van der Waals surface area (Å²) in [5.41, 5.74) is 2.61. The van der Waals surface area contributed by atoms with Crippen LogP contribution in [0.1, 0.15) is 37.9 Å². The average Bonchev–Trinajstić information content (AvgIpc) is 2.28. The Labute approximate surface area is 114 Å². The summed E-state index contributed by atoms with van der Waals surface area (Å²) < 4.78 is 11.4. The van der Waals surface area contributed by atoms with E-state index in [2.05, 4.69) is 50.4 Å². The van der Waals surface area contributed by atoms with Crippen LogP contribution in [0.2, 0.25) is 0 Å². The zero-order chi connectivity index (χ0) is 13.5. The first kappa shape index (κ1) is 15.4. The topological polar surface area (TPSA) is 29.1 Å². The number of nitrogens with one attached hydrogen (secondary N) is 1. The molecule has 1 aromatic carbocycles. The van der Waals surface area contributed by atoms with Gasteiger partial charge in [0, 0.05) is 28.9 Å². The second-order valence-electron chi connectivity index (χ2n) is 5.19. The minimum atomic E-state index is -0.775. The molecule has 0 fully saturated rings. The number of benzene rings is 1. The first-order valence-electron chi connectivity index (χ1n) is 6.65. The molecule has 2 unspecified atom stereocenters. The zero-order valence-corrected chi connectivity index (χ0v) is 12.7. The van der Waals surface area contributed by atoms with Crippen LogP contribution in [-0.2, 0) is 17.2 Å². The highest BCUT2D eigenvalue weighted by Gasteiger charge is 2.11. The zero-order valence-electron chi connectivity index (χ0n) is 11.9. The lowest BCUT2D eigenvalue weighted by molar-refractivity contribution is 0.594. The largest absolute Gasteiger partial charge is 0.309 e. The Kier molecular flexibility index (Phi) is 6.58. The van der Waals surface area contributed by atoms with Gasteiger partial charge in [0.25, 0.3) is 0 Å². The molecule has 18 heavy (non-hydrogen) atoms. The molecule has 0 aliphatic rings. The van der Waals surface area contributed by atoms with Crippen LogP contribution >= 0.6 is 0 Å². The van der Waals surface area contributed by atoms with Gasteiger partial charge in [-0.05, 0) is 30.0 Å². The summed E-state index contributed by atoms with van der Waals surface area (Å²) in [5.74, 6) is 1.36. The molecule has 0 saturated heterocycles. The van der Waals surface area contributed by atoms with Gasteiger partial charge >= 0.3 is 0 Å². The van der Waals surface area contributed by atoms with Crippen LogP contribution < -0.4 is 5.32 Å². The van der Waals surface area contributed by atoms with Crippen molar-refractivity contribution in [2.45, 2.75) is 33.2 Å². The highest BCUT2D eigenvalue weighted by atomic mass is 32.2. The normalized spacial score (nSPS) is 14.7. The van der Waals surface area contributed by atoms with Crippen LogP contribution in [0.4, 0.5) is 0 Å². The lowest BCUT2D eigenvalue weighted by Gasteiger charge is -2.17. The summed E-state index contributed by atoms with van der Waals surface area (Å²) in [7, 11) is -0.775. The Hall–Kier alpha value is -0.670. The molecule has 0 aliphatic heterocycles. The van der Waals surface area contributed by atoms with Crippen LogP contribution in [0.5, 0.6) is 0 Å². The fourth-order valence-electron chi connectivity index (χ4n) is 2.11. The van der Waals surface area contributed by atoms with E-state index in [1.54, 1.807) is 6.26 Å². The maximum atomic E-state index is 11.4. The Balaban J connectivity index is 2.76. The second kappa shape index (κ2) is 7.70. The molecule has 0 aliphatic carbocycles. The first-order chi connectivity index (χ1) is 8.52. The molecular weight excluding hydrogens is 242 g/mol. The quantitative estimate of drug-likeness (QED) is 0.823. The number of rotatable bonds is 7. The van der Waals surface area contributed by atoms with E-state index in [1.807, 2.05) is 0 Å². The number of hydrogen-bond acceptors (Lipinski definition) is 2. The Morgan fingerprint density at radius 1 is 1.22 bits per heavy atom. The molecule has 1 aromatic rings. The molecular formula is C15H25NOS. The van der Waals surface area contributed by atoms with Crippen molar-refractivity contribution in [3.63, 3.8) is 0 Å². The Bertz CT molecular complexity index is 373. The molecule has 0 saturated carbocycles. The lowest BCUT2D eigenvalue weighted by Crippen LogP contribution is -2.25. The molecule has 3 heteroatoms. The molecule has 0 radical (unpaired) electrons. The maximum Gasteiger partial charge on any atom is 0.0436 e. The monoisotopic (exact) mass is 267 g/mol. The molecule has 1 N–H and O–H groups in total. The molecule has 0 heterocycles. The fourth-order valence-corrected chi connectivity index (χ4v) is 2.89. The van der Waals surface area contributed by atoms with Gasteiger partial charge in [-0.15, -0.1) is 0 Å². The molecule has 2 nitrogen and oxygen atoms in total. The van der Waals surface area contributed by atoms with Crippen molar-refractivity contribution in [3.8, 4) is 0 Å². The first-order valence-corrected chi connectivity index (χ1v) is 8.37. The van der Waals surface area contributed by atoms with Crippen molar-refractivity contribution in [3.05, 3.63) is 35.4 Å². The van der Waals surface area contributed by atoms with Crippen molar-refractivity contribution >= 4 is 10.8 Å². The standard InChI is InChI=1S/C15H25NOS/c1-5-16-15(11-18(4)17)14-8-6-13(7-9-14)10-12(2)3/h6-9,12,15-16H,5,10-11H2,1-4H3. The van der Waals surface area contributed by atoms with Crippen LogP contribution in [0.25, 0.3) is 0 Å². The molecule has 0 amide bonds. The highest BCUT2D eigenvalue weighted by Crippen LogP contribution is 2.16. The van der Waals surface area contributed by atoms with Crippen LogP contribution in [0.3, 0.4) is 0 Å². The van der Waals surface area contributed by atoms with Crippen molar-refractivity contribution in [1.29, 1.82) is 0 Å². The minimum absolute atomic E-state index is 0.203. The summed E-state index contributed by atoms with van der Waals surface area (Å²) in [6.07, 6.45) is 2.88. The molecule has 0 spiro atoms. The predicted octanol–water partition coefficient (Wildman–Crippen LogP) is 2.91. The maximum absolute atomic E-state index is 11.4. The second-order valence-corrected chi connectivity index (χ2v) is 6.67. The van der Waals surface area contributed by atoms with Crippen molar-refractivity contribution in [1.82, 2.24) is 5.32 Å². The van der Waals surface area contributed by atoms with Gasteiger partial charge in [0.15, 0.2) is 0 Å². The summed E-state index contributed by atoms with van der Waals surface area (Å²) in [6, 6.07) is 8.92. The third-order valence-electron chi connectivity index (χ3n) is 2.88. The van der Waals surface area contributed by atoms with Gasteiger partial charge in [-0.1, -0.05) is 45.0 Å². The van der Waals surface area contributed by atoms with E-state index < -0.39 is 10.8 Å². The van der Waals surface area contributed by atoms with Gasteiger partial charge in [-0.25, -0.2) is 0 Å². The SMILES string of the molecule is CCNC(CS(C)=O)c1ccc(CC(C)C)cc1. The van der Waals surface area contributed by atoms with Crippen molar-refractivity contribution in [2.75, 3.05) is 18.6 Å². The van der Waals surface area contributed by atoms with E-state index in [4.69, 9.17) is 0 Å². The van der Waals surface area contributed by atoms with Gasteiger partial charge < -0.3 is 5.32 Å². The van der Waals surface area contributed by atoms with Gasteiger partial charge in [0.2, 0.25) is 0 Å². The minimum Gasteiger partial charge on any atom is -0.309 e. The smallest absolute Gasteiger partial charge is 0.0436 e. The molecule has 1 rings (SSSR count). The van der Waals surface area contributed by atoms with Gasteiger partial charge in [-0.2, -0.15) is 0 Å². The molecule has 0 bridgehead atoms. The van der Waals surface area contributed by atoms with Gasteiger partial charge in [0.1, 0.15) is 0 Å². The van der Waals surface area contributed by atoms with Crippen molar-refractivity contribution in [2.24, 2.45) is 5.92 Å². The van der Waals surface area contributed by atoms with Crippen molar-refractivity contribution < 1.29 is 4.21 Å². The van der Waals surface area contributed by atoms with Crippen LogP contribution in [0.15, 0.2) is 24.3 Å². The molecule has 0 aromatic heterocycles. The van der Waals surface area contributed by atoms with E-state index in [0.29, 0.717) is 11.7 Å². The summed E-state index contributed by atoms with van der Waals surface area (Å²) in [5, 5.41) is 3.40. The lowest BCUT2D eigenvalue weighted by atomic mass is 10.00. The van der Waals surface area contributed by atoms with E-state index >= 15 is 0 Å². The fraction of sp³-hybridized carbons (Fsp3) is 0.600. The van der Waals surface area contributed by atoms with Gasteiger partial charge in [-0.3, -0.25) is 4.21 Å².